The third-order valence-corrected chi connectivity index (χ3v) is 5.18. The van der Waals surface area contributed by atoms with Crippen LogP contribution in [0.5, 0.6) is 11.5 Å². The van der Waals surface area contributed by atoms with Crippen molar-refractivity contribution in [1.82, 2.24) is 0 Å². The van der Waals surface area contributed by atoms with Crippen LogP contribution >= 0.6 is 0 Å². The van der Waals surface area contributed by atoms with Crippen LogP contribution < -0.4 is 9.47 Å². The van der Waals surface area contributed by atoms with E-state index in [9.17, 15) is 0 Å². The van der Waals surface area contributed by atoms with Crippen molar-refractivity contribution in [2.24, 2.45) is 0 Å². The quantitative estimate of drug-likeness (QED) is 0.197. The van der Waals surface area contributed by atoms with Crippen molar-refractivity contribution >= 4 is 21.5 Å². The van der Waals surface area contributed by atoms with Gasteiger partial charge in [-0.05, 0) is 33.7 Å². The maximum Gasteiger partial charge on any atom is 0.128 e. The molecule has 4 nitrogen and oxygen atoms in total. The highest BCUT2D eigenvalue weighted by atomic mass is 16.5. The summed E-state index contributed by atoms with van der Waals surface area (Å²) in [5.74, 6) is 1.56. The van der Waals surface area contributed by atoms with Crippen LogP contribution in [-0.2, 0) is 9.47 Å². The van der Waals surface area contributed by atoms with Crippen LogP contribution in [0.1, 0.15) is 0 Å². The van der Waals surface area contributed by atoms with Gasteiger partial charge >= 0.3 is 0 Å². The van der Waals surface area contributed by atoms with E-state index in [2.05, 4.69) is 49.6 Å². The van der Waals surface area contributed by atoms with Gasteiger partial charge < -0.3 is 18.9 Å². The fraction of sp³-hybridized carbons (Fsp3) is 0.143. The maximum atomic E-state index is 6.18. The molecule has 4 aromatic rings. The highest BCUT2D eigenvalue weighted by Crippen LogP contribution is 2.45. The number of benzene rings is 4. The van der Waals surface area contributed by atoms with E-state index in [0.717, 1.165) is 44.2 Å². The lowest BCUT2D eigenvalue weighted by Gasteiger charge is -2.19. The molecule has 0 aliphatic rings. The van der Waals surface area contributed by atoms with Gasteiger partial charge in [0, 0.05) is 11.1 Å². The Morgan fingerprint density at radius 3 is 1.41 bits per heavy atom. The van der Waals surface area contributed by atoms with Crippen molar-refractivity contribution in [2.75, 3.05) is 26.4 Å². The van der Waals surface area contributed by atoms with Gasteiger partial charge in [0.05, 0.1) is 12.5 Å². The van der Waals surface area contributed by atoms with E-state index in [1.807, 2.05) is 36.4 Å². The van der Waals surface area contributed by atoms with E-state index < -0.39 is 0 Å². The molecular weight excluding hydrogens is 400 g/mol. The Kier molecular flexibility index (Phi) is 6.93. The average molecular weight is 427 g/mol. The Balaban J connectivity index is 1.90. The molecule has 0 aliphatic carbocycles. The predicted octanol–water partition coefficient (Wildman–Crippen LogP) is 6.74. The third kappa shape index (κ3) is 4.54. The molecule has 162 valence electrons. The minimum Gasteiger partial charge on any atom is -0.498 e. The van der Waals surface area contributed by atoms with Gasteiger partial charge in [0.15, 0.2) is 0 Å². The molecule has 32 heavy (non-hydrogen) atoms. The van der Waals surface area contributed by atoms with E-state index in [1.165, 1.54) is 12.5 Å². The van der Waals surface area contributed by atoms with Gasteiger partial charge in [0.1, 0.15) is 37.9 Å². The van der Waals surface area contributed by atoms with Gasteiger partial charge in [-0.1, -0.05) is 73.8 Å². The van der Waals surface area contributed by atoms with Gasteiger partial charge in [0.2, 0.25) is 0 Å². The molecule has 0 fully saturated rings. The topological polar surface area (TPSA) is 36.9 Å². The number of rotatable bonds is 11. The van der Waals surface area contributed by atoms with Gasteiger partial charge in [-0.3, -0.25) is 0 Å². The molecule has 0 amide bonds. The summed E-state index contributed by atoms with van der Waals surface area (Å²) in [6.07, 6.45) is 2.85. The second-order valence-electron chi connectivity index (χ2n) is 7.09. The second kappa shape index (κ2) is 10.4. The predicted molar refractivity (Wildman–Crippen MR) is 130 cm³/mol. The average Bonchev–Trinajstić information content (AvgIpc) is 2.84. The molecule has 0 aromatic heterocycles. The summed E-state index contributed by atoms with van der Waals surface area (Å²) in [6.45, 7) is 8.84. The summed E-state index contributed by atoms with van der Waals surface area (Å²) < 4.78 is 22.9. The minimum absolute atomic E-state index is 0.408. The lowest BCUT2D eigenvalue weighted by Crippen LogP contribution is -2.07. The Morgan fingerprint density at radius 1 is 0.531 bits per heavy atom. The molecule has 0 atom stereocenters. The van der Waals surface area contributed by atoms with Crippen LogP contribution in [0.25, 0.3) is 32.7 Å². The first kappa shape index (κ1) is 21.3. The molecule has 0 heterocycles. The highest BCUT2D eigenvalue weighted by molar-refractivity contribution is 6.09. The Morgan fingerprint density at radius 2 is 0.969 bits per heavy atom. The minimum atomic E-state index is 0.408. The first-order valence-corrected chi connectivity index (χ1v) is 10.6. The molecule has 0 N–H and O–H groups in total. The van der Waals surface area contributed by atoms with E-state index in [0.29, 0.717) is 26.4 Å². The smallest absolute Gasteiger partial charge is 0.128 e. The monoisotopic (exact) mass is 426 g/mol. The first-order valence-electron chi connectivity index (χ1n) is 10.6. The largest absolute Gasteiger partial charge is 0.498 e. The van der Waals surface area contributed by atoms with Crippen molar-refractivity contribution < 1.29 is 18.9 Å². The third-order valence-electron chi connectivity index (χ3n) is 5.18. The van der Waals surface area contributed by atoms with Gasteiger partial charge in [-0.15, -0.1) is 0 Å². The number of ether oxygens (including phenoxy) is 4. The van der Waals surface area contributed by atoms with Crippen molar-refractivity contribution in [3.8, 4) is 22.6 Å². The van der Waals surface area contributed by atoms with Crippen LogP contribution in [0.2, 0.25) is 0 Å². The normalized spacial score (nSPS) is 10.6. The lowest BCUT2D eigenvalue weighted by atomic mass is 9.92. The molecular formula is C28H26O4. The van der Waals surface area contributed by atoms with E-state index in [4.69, 9.17) is 18.9 Å². The standard InChI is InChI=1S/C28H26O4/c1-3-29-17-19-31-25-15-13-21-9-5-7-11-23(21)27(25)28-24-12-8-6-10-22(24)14-16-26(28)32-20-18-30-4-2/h3-16H,1-2,17-20H2. The number of hydrogen-bond donors (Lipinski definition) is 0. The zero-order chi connectivity index (χ0) is 22.2. The first-order chi connectivity index (χ1) is 15.8. The molecule has 0 bridgehead atoms. The maximum absolute atomic E-state index is 6.18. The van der Waals surface area contributed by atoms with Gasteiger partial charge in [-0.25, -0.2) is 0 Å². The Hall–Kier alpha value is -3.92. The van der Waals surface area contributed by atoms with Gasteiger partial charge in [-0.2, -0.15) is 0 Å². The number of fused-ring (bicyclic) bond motifs is 2. The van der Waals surface area contributed by atoms with Crippen molar-refractivity contribution in [3.63, 3.8) is 0 Å². The molecule has 0 saturated carbocycles. The van der Waals surface area contributed by atoms with Crippen LogP contribution in [0.3, 0.4) is 0 Å². The Labute approximate surface area is 188 Å². The van der Waals surface area contributed by atoms with Crippen molar-refractivity contribution in [3.05, 3.63) is 98.5 Å². The molecule has 4 heteroatoms. The zero-order valence-corrected chi connectivity index (χ0v) is 18.0. The van der Waals surface area contributed by atoms with Crippen molar-refractivity contribution in [1.29, 1.82) is 0 Å². The Bertz CT molecular complexity index is 1130. The van der Waals surface area contributed by atoms with Gasteiger partial charge in [0.25, 0.3) is 0 Å². The summed E-state index contributed by atoms with van der Waals surface area (Å²) in [5.41, 5.74) is 2.00. The molecule has 0 aliphatic heterocycles. The molecule has 0 radical (unpaired) electrons. The second-order valence-corrected chi connectivity index (χ2v) is 7.09. The summed E-state index contributed by atoms with van der Waals surface area (Å²) in [7, 11) is 0. The fourth-order valence-electron chi connectivity index (χ4n) is 3.83. The summed E-state index contributed by atoms with van der Waals surface area (Å²) in [4.78, 5) is 0. The summed E-state index contributed by atoms with van der Waals surface area (Å²) >= 11 is 0. The van der Waals surface area contributed by atoms with E-state index in [1.54, 1.807) is 0 Å². The number of hydrogen-bond acceptors (Lipinski definition) is 4. The van der Waals surface area contributed by atoms with Crippen LogP contribution in [0.4, 0.5) is 0 Å². The van der Waals surface area contributed by atoms with Crippen LogP contribution in [0, 0.1) is 0 Å². The fourth-order valence-corrected chi connectivity index (χ4v) is 3.83. The lowest BCUT2D eigenvalue weighted by molar-refractivity contribution is 0.179. The molecule has 0 saturated heterocycles. The van der Waals surface area contributed by atoms with E-state index >= 15 is 0 Å². The van der Waals surface area contributed by atoms with Crippen molar-refractivity contribution in [2.45, 2.75) is 0 Å². The molecule has 0 spiro atoms. The summed E-state index contributed by atoms with van der Waals surface area (Å²) in [6, 6.07) is 24.8. The molecule has 4 aromatic carbocycles. The van der Waals surface area contributed by atoms with Crippen LogP contribution in [0.15, 0.2) is 98.5 Å². The zero-order valence-electron chi connectivity index (χ0n) is 18.0. The SMILES string of the molecule is C=COCCOc1ccc2ccccc2c1-c1c(OCCOC=C)ccc2ccccc12. The highest BCUT2D eigenvalue weighted by Gasteiger charge is 2.19. The molecule has 0 unspecified atom stereocenters. The van der Waals surface area contributed by atoms with Crippen LogP contribution in [-0.4, -0.2) is 26.4 Å². The molecule has 4 rings (SSSR count). The summed E-state index contributed by atoms with van der Waals surface area (Å²) in [5, 5.41) is 4.45. The van der Waals surface area contributed by atoms with E-state index in [-0.39, 0.29) is 0 Å².